The summed E-state index contributed by atoms with van der Waals surface area (Å²) in [6.07, 6.45) is -8.34. The molecule has 1 aliphatic heterocycles. The van der Waals surface area contributed by atoms with Gasteiger partial charge in [0.25, 0.3) is 0 Å². The molecular weight excluding hydrogens is 532 g/mol. The van der Waals surface area contributed by atoms with Gasteiger partial charge in [0.2, 0.25) is 0 Å². The van der Waals surface area contributed by atoms with Crippen LogP contribution in [0.3, 0.4) is 0 Å². The number of halogens is 6. The Morgan fingerprint density at radius 1 is 0.974 bits per heavy atom. The second-order valence-corrected chi connectivity index (χ2v) is 9.68. The van der Waals surface area contributed by atoms with E-state index < -0.39 is 29.0 Å². The van der Waals surface area contributed by atoms with E-state index in [1.807, 2.05) is 30.3 Å². The van der Waals surface area contributed by atoms with Crippen LogP contribution < -0.4 is 0 Å². The number of alkyl halides is 6. The van der Waals surface area contributed by atoms with Crippen LogP contribution in [-0.2, 0) is 25.4 Å². The molecule has 38 heavy (non-hydrogen) atoms. The third-order valence-corrected chi connectivity index (χ3v) is 7.10. The normalized spacial score (nSPS) is 13.9. The Kier molecular flexibility index (Phi) is 5.56. The third-order valence-electron chi connectivity index (χ3n) is 5.98. The van der Waals surface area contributed by atoms with Crippen LogP contribution in [0.1, 0.15) is 28.3 Å². The highest BCUT2D eigenvalue weighted by Gasteiger charge is 2.39. The van der Waals surface area contributed by atoms with Gasteiger partial charge in [0.05, 0.1) is 46.7 Å². The van der Waals surface area contributed by atoms with Crippen LogP contribution >= 0.6 is 11.3 Å². The Hall–Kier alpha value is -4.13. The van der Waals surface area contributed by atoms with E-state index in [4.69, 9.17) is 4.52 Å². The summed E-state index contributed by atoms with van der Waals surface area (Å²) in [5.74, 6) is 0.891. The average molecular weight is 547 g/mol. The number of benzene rings is 2. The van der Waals surface area contributed by atoms with E-state index >= 15 is 0 Å². The van der Waals surface area contributed by atoms with Crippen LogP contribution in [0.15, 0.2) is 64.2 Å². The standard InChI is InChI=1S/C25H15F6N5OS/c26-24(27,28)14-5-6-16(17(8-14)25(29,30)31)18-9-15(37-35-18)11-36-12-20-19(10-32-36)33-23(34-20)22-7-13-3-1-2-4-21(13)38-22/h1-10H,11-12H2,(H,33,34). The van der Waals surface area contributed by atoms with Crippen molar-refractivity contribution in [1.82, 2.24) is 20.1 Å². The first kappa shape index (κ1) is 24.2. The molecular formula is C25H15F6N5OS. The molecule has 0 aliphatic carbocycles. The van der Waals surface area contributed by atoms with Crippen molar-refractivity contribution < 1.29 is 30.9 Å². The summed E-state index contributed by atoms with van der Waals surface area (Å²) in [5, 5.41) is 10.7. The molecule has 1 aliphatic rings. The number of rotatable bonds is 4. The number of aromatic amines is 1. The number of hydrogen-bond donors (Lipinski definition) is 1. The summed E-state index contributed by atoms with van der Waals surface area (Å²) in [6, 6.07) is 12.7. The fourth-order valence-electron chi connectivity index (χ4n) is 4.19. The lowest BCUT2D eigenvalue weighted by molar-refractivity contribution is -0.142. The number of thiophene rings is 1. The Balaban J connectivity index is 1.21. The first-order chi connectivity index (χ1) is 18.0. The van der Waals surface area contributed by atoms with Gasteiger partial charge >= 0.3 is 12.4 Å². The summed E-state index contributed by atoms with van der Waals surface area (Å²) >= 11 is 1.61. The largest absolute Gasteiger partial charge is 0.417 e. The molecule has 6 rings (SSSR count). The van der Waals surface area contributed by atoms with Crippen LogP contribution in [0, 0.1) is 0 Å². The summed E-state index contributed by atoms with van der Waals surface area (Å²) in [4.78, 5) is 8.91. The molecule has 0 fully saturated rings. The van der Waals surface area contributed by atoms with Gasteiger partial charge in [-0.25, -0.2) is 4.98 Å². The van der Waals surface area contributed by atoms with Gasteiger partial charge in [0, 0.05) is 16.3 Å². The predicted molar refractivity (Wildman–Crippen MR) is 128 cm³/mol. The minimum atomic E-state index is -5.02. The SMILES string of the molecule is FC(F)(F)c1ccc(-c2cc(CN3Cc4nc(-c5cc6ccccc6s5)[nH]c4C=N3)on2)c(C(F)(F)F)c1. The summed E-state index contributed by atoms with van der Waals surface area (Å²) in [7, 11) is 0. The molecule has 0 bridgehead atoms. The minimum absolute atomic E-state index is 0.0655. The molecule has 13 heteroatoms. The van der Waals surface area contributed by atoms with Crippen molar-refractivity contribution in [3.63, 3.8) is 0 Å². The Labute approximate surface area is 214 Å². The van der Waals surface area contributed by atoms with Gasteiger partial charge in [-0.3, -0.25) is 5.01 Å². The van der Waals surface area contributed by atoms with Crippen LogP contribution in [-0.4, -0.2) is 26.3 Å². The van der Waals surface area contributed by atoms with Crippen molar-refractivity contribution in [2.45, 2.75) is 25.4 Å². The zero-order valence-electron chi connectivity index (χ0n) is 19.1. The number of hydrogen-bond acceptors (Lipinski definition) is 6. The first-order valence-corrected chi connectivity index (χ1v) is 12.0. The number of nitrogens with zero attached hydrogens (tertiary/aromatic N) is 4. The molecule has 1 N–H and O–H groups in total. The highest BCUT2D eigenvalue weighted by atomic mass is 32.1. The Morgan fingerprint density at radius 2 is 1.79 bits per heavy atom. The lowest BCUT2D eigenvalue weighted by atomic mass is 10.0. The highest BCUT2D eigenvalue weighted by molar-refractivity contribution is 7.22. The maximum absolute atomic E-state index is 13.5. The number of fused-ring (bicyclic) bond motifs is 2. The van der Waals surface area contributed by atoms with Crippen molar-refractivity contribution in [2.75, 3.05) is 0 Å². The molecule has 0 saturated carbocycles. The van der Waals surface area contributed by atoms with Crippen LogP contribution in [0.25, 0.3) is 32.0 Å². The van der Waals surface area contributed by atoms with Gasteiger partial charge in [-0.05, 0) is 29.7 Å². The second-order valence-electron chi connectivity index (χ2n) is 8.60. The average Bonchev–Trinajstić information content (AvgIpc) is 3.60. The van der Waals surface area contributed by atoms with Gasteiger partial charge in [-0.1, -0.05) is 29.4 Å². The third kappa shape index (κ3) is 4.53. The summed E-state index contributed by atoms with van der Waals surface area (Å²) in [5.41, 5.74) is -2.11. The number of H-pyrrole nitrogens is 1. The van der Waals surface area contributed by atoms with Crippen molar-refractivity contribution in [3.05, 3.63) is 82.9 Å². The molecule has 4 heterocycles. The fourth-order valence-corrected chi connectivity index (χ4v) is 5.20. The molecule has 3 aromatic heterocycles. The molecule has 0 spiro atoms. The molecule has 0 atom stereocenters. The van der Waals surface area contributed by atoms with Crippen LogP contribution in [0.5, 0.6) is 0 Å². The van der Waals surface area contributed by atoms with E-state index in [0.29, 0.717) is 18.4 Å². The molecule has 2 aromatic carbocycles. The monoisotopic (exact) mass is 547 g/mol. The van der Waals surface area contributed by atoms with Crippen molar-refractivity contribution in [1.29, 1.82) is 0 Å². The molecule has 6 nitrogen and oxygen atoms in total. The van der Waals surface area contributed by atoms with E-state index in [-0.39, 0.29) is 24.1 Å². The van der Waals surface area contributed by atoms with Gasteiger partial charge in [0.1, 0.15) is 11.5 Å². The van der Waals surface area contributed by atoms with Crippen molar-refractivity contribution >= 4 is 27.6 Å². The predicted octanol–water partition coefficient (Wildman–Crippen LogP) is 7.33. The number of hydrazone groups is 1. The lowest BCUT2D eigenvalue weighted by Crippen LogP contribution is -2.21. The molecule has 194 valence electrons. The maximum Gasteiger partial charge on any atom is 0.417 e. The van der Waals surface area contributed by atoms with Crippen molar-refractivity contribution in [3.8, 4) is 22.0 Å². The second kappa shape index (κ2) is 8.72. The molecule has 0 unspecified atom stereocenters. The van der Waals surface area contributed by atoms with Crippen LogP contribution in [0.4, 0.5) is 26.3 Å². The quantitative estimate of drug-likeness (QED) is 0.239. The molecule has 5 aromatic rings. The number of aromatic nitrogens is 3. The first-order valence-electron chi connectivity index (χ1n) is 11.2. The molecule has 0 radical (unpaired) electrons. The van der Waals surface area contributed by atoms with Gasteiger partial charge in [0.15, 0.2) is 5.76 Å². The topological polar surface area (TPSA) is 70.3 Å². The van der Waals surface area contributed by atoms with E-state index in [1.54, 1.807) is 22.6 Å². The lowest BCUT2D eigenvalue weighted by Gasteiger charge is -2.19. The molecule has 0 saturated heterocycles. The van der Waals surface area contributed by atoms with Crippen molar-refractivity contribution in [2.24, 2.45) is 5.10 Å². The van der Waals surface area contributed by atoms with Gasteiger partial charge < -0.3 is 9.51 Å². The minimum Gasteiger partial charge on any atom is -0.359 e. The Morgan fingerprint density at radius 3 is 2.55 bits per heavy atom. The van der Waals surface area contributed by atoms with E-state index in [2.05, 4.69) is 20.2 Å². The Bertz CT molecular complexity index is 1650. The zero-order valence-corrected chi connectivity index (χ0v) is 19.9. The smallest absolute Gasteiger partial charge is 0.359 e. The summed E-state index contributed by atoms with van der Waals surface area (Å²) in [6.45, 7) is 0.368. The highest BCUT2D eigenvalue weighted by Crippen LogP contribution is 2.41. The maximum atomic E-state index is 13.5. The van der Waals surface area contributed by atoms with Gasteiger partial charge in [-0.15, -0.1) is 11.3 Å². The van der Waals surface area contributed by atoms with Gasteiger partial charge in [-0.2, -0.15) is 31.4 Å². The van der Waals surface area contributed by atoms with E-state index in [0.717, 1.165) is 32.4 Å². The van der Waals surface area contributed by atoms with E-state index in [9.17, 15) is 26.3 Å². The fraction of sp³-hybridized carbons (Fsp3) is 0.160. The zero-order chi connectivity index (χ0) is 26.7. The van der Waals surface area contributed by atoms with E-state index in [1.165, 1.54) is 6.07 Å². The van der Waals surface area contributed by atoms with Crippen LogP contribution in [0.2, 0.25) is 0 Å². The summed E-state index contributed by atoms with van der Waals surface area (Å²) < 4.78 is 85.9. The molecule has 0 amide bonds. The number of nitrogens with one attached hydrogen (secondary N) is 1. The number of imidazole rings is 1.